The van der Waals surface area contributed by atoms with Gasteiger partial charge in [0.15, 0.2) is 0 Å². The summed E-state index contributed by atoms with van der Waals surface area (Å²) >= 11 is 2.31. The number of nitrogen functional groups attached to an aromatic ring is 1. The number of nitrogens with two attached hydrogens (primary N) is 1. The van der Waals surface area contributed by atoms with Gasteiger partial charge in [0.25, 0.3) is 0 Å². The number of nitrogens with one attached hydrogen (secondary N) is 1. The van der Waals surface area contributed by atoms with Gasteiger partial charge in [0.1, 0.15) is 0 Å². The van der Waals surface area contributed by atoms with Crippen LogP contribution in [0.1, 0.15) is 5.56 Å². The molecule has 82 valence electrons. The van der Waals surface area contributed by atoms with Gasteiger partial charge >= 0.3 is 0 Å². The van der Waals surface area contributed by atoms with Crippen molar-refractivity contribution in [2.45, 2.75) is 6.92 Å². The number of hydrogen-bond donors (Lipinski definition) is 2. The Bertz CT molecular complexity index is 509. The minimum Gasteiger partial charge on any atom is -0.398 e. The molecule has 0 atom stereocenters. The van der Waals surface area contributed by atoms with E-state index in [4.69, 9.17) is 5.73 Å². The maximum absolute atomic E-state index is 5.87. The number of para-hydroxylation sites is 1. The molecule has 0 radical (unpaired) electrons. The van der Waals surface area contributed by atoms with Crippen LogP contribution >= 0.6 is 22.6 Å². The van der Waals surface area contributed by atoms with Gasteiger partial charge in [-0.05, 0) is 59.3 Å². The summed E-state index contributed by atoms with van der Waals surface area (Å²) in [6.07, 6.45) is 0. The summed E-state index contributed by atoms with van der Waals surface area (Å²) < 4.78 is 1.20. The van der Waals surface area contributed by atoms with Gasteiger partial charge in [0, 0.05) is 14.9 Å². The van der Waals surface area contributed by atoms with Crippen LogP contribution in [-0.2, 0) is 0 Å². The van der Waals surface area contributed by atoms with Crippen molar-refractivity contribution < 1.29 is 0 Å². The van der Waals surface area contributed by atoms with E-state index < -0.39 is 0 Å². The quantitative estimate of drug-likeness (QED) is 0.649. The van der Waals surface area contributed by atoms with E-state index >= 15 is 0 Å². The molecule has 2 aromatic carbocycles. The van der Waals surface area contributed by atoms with Crippen molar-refractivity contribution in [2.75, 3.05) is 11.1 Å². The van der Waals surface area contributed by atoms with E-state index in [2.05, 4.69) is 40.0 Å². The highest BCUT2D eigenvalue weighted by molar-refractivity contribution is 14.1. The predicted octanol–water partition coefficient (Wildman–Crippen LogP) is 3.93. The molecule has 0 saturated heterocycles. The van der Waals surface area contributed by atoms with Gasteiger partial charge in [-0.15, -0.1) is 0 Å². The average molecular weight is 324 g/mol. The number of halogens is 1. The van der Waals surface area contributed by atoms with E-state index in [1.54, 1.807) is 0 Å². The van der Waals surface area contributed by atoms with Crippen molar-refractivity contribution in [2.24, 2.45) is 0 Å². The summed E-state index contributed by atoms with van der Waals surface area (Å²) in [5.74, 6) is 0. The fourth-order valence-corrected chi connectivity index (χ4v) is 2.02. The van der Waals surface area contributed by atoms with Gasteiger partial charge in [0.05, 0.1) is 5.69 Å². The van der Waals surface area contributed by atoms with Crippen molar-refractivity contribution in [3.8, 4) is 0 Å². The maximum Gasteiger partial charge on any atom is 0.0519 e. The molecule has 0 unspecified atom stereocenters. The van der Waals surface area contributed by atoms with Gasteiger partial charge in [-0.25, -0.2) is 0 Å². The first kappa shape index (κ1) is 11.3. The Morgan fingerprint density at radius 3 is 2.44 bits per heavy atom. The molecule has 0 aliphatic carbocycles. The van der Waals surface area contributed by atoms with Crippen LogP contribution in [0.15, 0.2) is 42.5 Å². The summed E-state index contributed by atoms with van der Waals surface area (Å²) in [5.41, 5.74) is 9.94. The van der Waals surface area contributed by atoms with Crippen LogP contribution in [0.5, 0.6) is 0 Å². The molecule has 0 heterocycles. The third kappa shape index (κ3) is 2.29. The average Bonchev–Trinajstić information content (AvgIpc) is 2.28. The summed E-state index contributed by atoms with van der Waals surface area (Å²) in [5, 5.41) is 3.39. The van der Waals surface area contributed by atoms with E-state index in [1.807, 2.05) is 37.3 Å². The van der Waals surface area contributed by atoms with E-state index in [1.165, 1.54) is 3.57 Å². The molecule has 0 aromatic heterocycles. The van der Waals surface area contributed by atoms with Crippen LogP contribution in [0, 0.1) is 10.5 Å². The Morgan fingerprint density at radius 1 is 1.00 bits per heavy atom. The van der Waals surface area contributed by atoms with E-state index in [-0.39, 0.29) is 0 Å². The number of hydrogen-bond acceptors (Lipinski definition) is 2. The second-order valence-electron chi connectivity index (χ2n) is 3.62. The lowest BCUT2D eigenvalue weighted by atomic mass is 10.1. The highest BCUT2D eigenvalue weighted by Gasteiger charge is 2.03. The predicted molar refractivity (Wildman–Crippen MR) is 78.0 cm³/mol. The molecule has 0 saturated carbocycles. The minimum absolute atomic E-state index is 0.816. The third-order valence-corrected chi connectivity index (χ3v) is 3.46. The zero-order chi connectivity index (χ0) is 11.5. The molecule has 16 heavy (non-hydrogen) atoms. The largest absolute Gasteiger partial charge is 0.398 e. The third-order valence-electron chi connectivity index (χ3n) is 2.52. The first-order valence-electron chi connectivity index (χ1n) is 5.05. The minimum atomic E-state index is 0.816. The van der Waals surface area contributed by atoms with E-state index in [0.29, 0.717) is 0 Å². The Labute approximate surface area is 109 Å². The Morgan fingerprint density at radius 2 is 1.69 bits per heavy atom. The smallest absolute Gasteiger partial charge is 0.0519 e. The van der Waals surface area contributed by atoms with Crippen LogP contribution in [-0.4, -0.2) is 0 Å². The van der Waals surface area contributed by atoms with Crippen LogP contribution in [0.3, 0.4) is 0 Å². The zero-order valence-electron chi connectivity index (χ0n) is 9.00. The Kier molecular flexibility index (Phi) is 3.33. The van der Waals surface area contributed by atoms with Crippen LogP contribution < -0.4 is 11.1 Å². The van der Waals surface area contributed by atoms with Gasteiger partial charge in [-0.2, -0.15) is 0 Å². The highest BCUT2D eigenvalue weighted by atomic mass is 127. The number of benzene rings is 2. The second kappa shape index (κ2) is 4.74. The first-order chi connectivity index (χ1) is 7.68. The van der Waals surface area contributed by atoms with Gasteiger partial charge in [0.2, 0.25) is 0 Å². The summed E-state index contributed by atoms with van der Waals surface area (Å²) in [6.45, 7) is 2.02. The summed E-state index contributed by atoms with van der Waals surface area (Å²) in [6, 6.07) is 14.1. The monoisotopic (exact) mass is 324 g/mol. The molecular formula is C13H13IN2. The highest BCUT2D eigenvalue weighted by Crippen LogP contribution is 2.26. The Balaban J connectivity index is 2.35. The van der Waals surface area contributed by atoms with Crippen molar-refractivity contribution in [3.05, 3.63) is 51.6 Å². The van der Waals surface area contributed by atoms with Crippen LogP contribution in [0.25, 0.3) is 0 Å². The molecule has 2 rings (SSSR count). The molecule has 3 N–H and O–H groups in total. The molecule has 0 fully saturated rings. The molecule has 3 heteroatoms. The van der Waals surface area contributed by atoms with Crippen molar-refractivity contribution in [1.82, 2.24) is 0 Å². The van der Waals surface area contributed by atoms with Gasteiger partial charge < -0.3 is 11.1 Å². The normalized spacial score (nSPS) is 10.1. The topological polar surface area (TPSA) is 38.0 Å². The fraction of sp³-hybridized carbons (Fsp3) is 0.0769. The molecule has 0 spiro atoms. The van der Waals surface area contributed by atoms with Gasteiger partial charge in [-0.3, -0.25) is 0 Å². The molecule has 2 nitrogen and oxygen atoms in total. The number of anilines is 3. The fourth-order valence-electron chi connectivity index (χ4n) is 1.50. The molecular weight excluding hydrogens is 311 g/mol. The van der Waals surface area contributed by atoms with Crippen LogP contribution in [0.4, 0.5) is 17.1 Å². The maximum atomic E-state index is 5.87. The molecule has 0 aliphatic rings. The SMILES string of the molecule is Cc1c(N)cccc1Nc1ccccc1I. The molecule has 0 aliphatic heterocycles. The van der Waals surface area contributed by atoms with Gasteiger partial charge in [-0.1, -0.05) is 18.2 Å². The molecule has 0 bridgehead atoms. The first-order valence-corrected chi connectivity index (χ1v) is 6.13. The van der Waals surface area contributed by atoms with Crippen molar-refractivity contribution >= 4 is 39.7 Å². The van der Waals surface area contributed by atoms with E-state index in [9.17, 15) is 0 Å². The summed E-state index contributed by atoms with van der Waals surface area (Å²) in [7, 11) is 0. The second-order valence-corrected chi connectivity index (χ2v) is 4.79. The van der Waals surface area contributed by atoms with Crippen molar-refractivity contribution in [3.63, 3.8) is 0 Å². The summed E-state index contributed by atoms with van der Waals surface area (Å²) in [4.78, 5) is 0. The standard InChI is InChI=1S/C13H13IN2/c1-9-11(15)6-4-8-12(9)16-13-7-3-2-5-10(13)14/h2-8,16H,15H2,1H3. The number of rotatable bonds is 2. The lowest BCUT2D eigenvalue weighted by molar-refractivity contribution is 1.42. The zero-order valence-corrected chi connectivity index (χ0v) is 11.2. The molecule has 0 amide bonds. The Hall–Kier alpha value is -1.23. The van der Waals surface area contributed by atoms with Crippen LogP contribution in [0.2, 0.25) is 0 Å². The molecule has 2 aromatic rings. The van der Waals surface area contributed by atoms with Crippen molar-refractivity contribution in [1.29, 1.82) is 0 Å². The lowest BCUT2D eigenvalue weighted by Crippen LogP contribution is -1.98. The lowest BCUT2D eigenvalue weighted by Gasteiger charge is -2.12. The van der Waals surface area contributed by atoms with E-state index in [0.717, 1.165) is 22.6 Å².